The standard InChI is InChI=1S/C17H15NO2/c1-10-7-11(2)16-14(8-10)9-13-5-4-6-15(17(13)18-16)20-12(3)19/h4-9H,1-3H3. The van der Waals surface area contributed by atoms with E-state index in [-0.39, 0.29) is 5.97 Å². The van der Waals surface area contributed by atoms with E-state index in [1.807, 2.05) is 19.1 Å². The van der Waals surface area contributed by atoms with Gasteiger partial charge in [-0.05, 0) is 37.6 Å². The lowest BCUT2D eigenvalue weighted by Crippen LogP contribution is -2.02. The maximum atomic E-state index is 11.2. The number of aryl methyl sites for hydroxylation is 2. The summed E-state index contributed by atoms with van der Waals surface area (Å²) in [4.78, 5) is 15.9. The molecule has 0 unspecified atom stereocenters. The average Bonchev–Trinajstić information content (AvgIpc) is 2.36. The monoisotopic (exact) mass is 265 g/mol. The summed E-state index contributed by atoms with van der Waals surface area (Å²) in [5, 5.41) is 2.08. The van der Waals surface area contributed by atoms with E-state index < -0.39 is 0 Å². The highest BCUT2D eigenvalue weighted by molar-refractivity contribution is 5.97. The lowest BCUT2D eigenvalue weighted by molar-refractivity contribution is -0.131. The number of para-hydroxylation sites is 1. The summed E-state index contributed by atoms with van der Waals surface area (Å²) >= 11 is 0. The second-order valence-corrected chi connectivity index (χ2v) is 5.06. The molecule has 3 aromatic rings. The molecule has 20 heavy (non-hydrogen) atoms. The van der Waals surface area contributed by atoms with Gasteiger partial charge in [0.05, 0.1) is 5.52 Å². The van der Waals surface area contributed by atoms with Crippen LogP contribution in [0.15, 0.2) is 36.4 Å². The van der Waals surface area contributed by atoms with E-state index in [0.717, 1.165) is 27.4 Å². The molecule has 3 nitrogen and oxygen atoms in total. The largest absolute Gasteiger partial charge is 0.424 e. The second kappa shape index (κ2) is 4.60. The smallest absolute Gasteiger partial charge is 0.308 e. The summed E-state index contributed by atoms with van der Waals surface area (Å²) in [6, 6.07) is 11.9. The molecule has 0 radical (unpaired) electrons. The Bertz CT molecular complexity index is 837. The maximum Gasteiger partial charge on any atom is 0.308 e. The Morgan fingerprint density at radius 1 is 1.05 bits per heavy atom. The van der Waals surface area contributed by atoms with Gasteiger partial charge in [-0.15, -0.1) is 0 Å². The Hall–Kier alpha value is -2.42. The van der Waals surface area contributed by atoms with Crippen molar-refractivity contribution in [2.24, 2.45) is 0 Å². The number of aromatic nitrogens is 1. The highest BCUT2D eigenvalue weighted by atomic mass is 16.5. The van der Waals surface area contributed by atoms with E-state index in [1.54, 1.807) is 6.07 Å². The summed E-state index contributed by atoms with van der Waals surface area (Å²) in [5.74, 6) is 0.178. The predicted octanol–water partition coefficient (Wildman–Crippen LogP) is 3.93. The SMILES string of the molecule is CC(=O)Oc1cccc2cc3cc(C)cc(C)c3nc12. The summed E-state index contributed by atoms with van der Waals surface area (Å²) < 4.78 is 5.24. The molecule has 0 saturated carbocycles. The first-order valence-corrected chi connectivity index (χ1v) is 6.54. The van der Waals surface area contributed by atoms with Crippen LogP contribution in [0.3, 0.4) is 0 Å². The highest BCUT2D eigenvalue weighted by Crippen LogP contribution is 2.29. The fourth-order valence-corrected chi connectivity index (χ4v) is 2.55. The third kappa shape index (κ3) is 2.11. The number of hydrogen-bond donors (Lipinski definition) is 0. The van der Waals surface area contributed by atoms with Crippen LogP contribution in [-0.4, -0.2) is 11.0 Å². The fourth-order valence-electron chi connectivity index (χ4n) is 2.55. The minimum Gasteiger partial charge on any atom is -0.424 e. The van der Waals surface area contributed by atoms with E-state index in [1.165, 1.54) is 12.5 Å². The van der Waals surface area contributed by atoms with Crippen LogP contribution in [0.1, 0.15) is 18.1 Å². The lowest BCUT2D eigenvalue weighted by atomic mass is 10.0. The van der Waals surface area contributed by atoms with Crippen LogP contribution in [-0.2, 0) is 4.79 Å². The Kier molecular flexibility index (Phi) is 2.90. The first-order chi connectivity index (χ1) is 9.54. The number of hydrogen-bond acceptors (Lipinski definition) is 3. The molecular formula is C17H15NO2. The van der Waals surface area contributed by atoms with Gasteiger partial charge in [0.1, 0.15) is 5.52 Å². The van der Waals surface area contributed by atoms with Crippen molar-refractivity contribution >= 4 is 27.8 Å². The van der Waals surface area contributed by atoms with Crippen molar-refractivity contribution in [3.63, 3.8) is 0 Å². The van der Waals surface area contributed by atoms with Crippen LogP contribution >= 0.6 is 0 Å². The molecule has 0 amide bonds. The fraction of sp³-hybridized carbons (Fsp3) is 0.176. The topological polar surface area (TPSA) is 39.2 Å². The average molecular weight is 265 g/mol. The van der Waals surface area contributed by atoms with Gasteiger partial charge in [-0.25, -0.2) is 4.98 Å². The van der Waals surface area contributed by atoms with Gasteiger partial charge in [0.15, 0.2) is 5.75 Å². The van der Waals surface area contributed by atoms with Gasteiger partial charge in [-0.1, -0.05) is 23.8 Å². The molecule has 1 aromatic heterocycles. The Morgan fingerprint density at radius 3 is 2.60 bits per heavy atom. The number of nitrogens with zero attached hydrogens (tertiary/aromatic N) is 1. The zero-order valence-electron chi connectivity index (χ0n) is 11.7. The third-order valence-corrected chi connectivity index (χ3v) is 3.29. The normalized spacial score (nSPS) is 10.9. The van der Waals surface area contributed by atoms with Crippen molar-refractivity contribution in [3.8, 4) is 5.75 Å². The van der Waals surface area contributed by atoms with Gasteiger partial charge in [0.25, 0.3) is 0 Å². The van der Waals surface area contributed by atoms with Gasteiger partial charge in [0.2, 0.25) is 0 Å². The molecule has 0 spiro atoms. The minimum atomic E-state index is -0.333. The first-order valence-electron chi connectivity index (χ1n) is 6.54. The Morgan fingerprint density at radius 2 is 1.85 bits per heavy atom. The van der Waals surface area contributed by atoms with Crippen molar-refractivity contribution in [2.45, 2.75) is 20.8 Å². The molecule has 0 aliphatic heterocycles. The van der Waals surface area contributed by atoms with Crippen molar-refractivity contribution < 1.29 is 9.53 Å². The molecule has 0 saturated heterocycles. The highest BCUT2D eigenvalue weighted by Gasteiger charge is 2.09. The van der Waals surface area contributed by atoms with E-state index >= 15 is 0 Å². The van der Waals surface area contributed by atoms with Crippen molar-refractivity contribution in [1.29, 1.82) is 0 Å². The molecule has 2 aromatic carbocycles. The van der Waals surface area contributed by atoms with E-state index in [0.29, 0.717) is 5.75 Å². The summed E-state index contributed by atoms with van der Waals surface area (Å²) in [7, 11) is 0. The summed E-state index contributed by atoms with van der Waals surface area (Å²) in [6.07, 6.45) is 0. The van der Waals surface area contributed by atoms with Crippen LogP contribution < -0.4 is 4.74 Å². The van der Waals surface area contributed by atoms with Gasteiger partial charge in [-0.3, -0.25) is 4.79 Å². The molecule has 0 aliphatic carbocycles. The van der Waals surface area contributed by atoms with Crippen LogP contribution in [0.2, 0.25) is 0 Å². The summed E-state index contributed by atoms with van der Waals surface area (Å²) in [5.41, 5.74) is 4.01. The number of pyridine rings is 1. The molecule has 0 atom stereocenters. The molecule has 1 heterocycles. The van der Waals surface area contributed by atoms with Crippen LogP contribution in [0.5, 0.6) is 5.75 Å². The van der Waals surface area contributed by atoms with Gasteiger partial charge in [-0.2, -0.15) is 0 Å². The van der Waals surface area contributed by atoms with Crippen LogP contribution in [0.25, 0.3) is 21.8 Å². The molecule has 0 fully saturated rings. The predicted molar refractivity (Wildman–Crippen MR) is 80.0 cm³/mol. The van der Waals surface area contributed by atoms with Crippen LogP contribution in [0.4, 0.5) is 0 Å². The number of fused-ring (bicyclic) bond motifs is 2. The molecule has 3 heteroatoms. The van der Waals surface area contributed by atoms with Crippen molar-refractivity contribution in [2.75, 3.05) is 0 Å². The van der Waals surface area contributed by atoms with E-state index in [4.69, 9.17) is 9.72 Å². The van der Waals surface area contributed by atoms with Gasteiger partial charge >= 0.3 is 5.97 Å². The molecule has 3 rings (SSSR count). The number of carbonyl (C=O) groups is 1. The Balaban J connectivity index is 2.36. The molecular weight excluding hydrogens is 250 g/mol. The third-order valence-electron chi connectivity index (χ3n) is 3.29. The zero-order valence-corrected chi connectivity index (χ0v) is 11.7. The van der Waals surface area contributed by atoms with Crippen molar-refractivity contribution in [3.05, 3.63) is 47.5 Å². The quantitative estimate of drug-likeness (QED) is 0.380. The number of carbonyl (C=O) groups excluding carboxylic acids is 1. The molecule has 0 aliphatic rings. The summed E-state index contributed by atoms with van der Waals surface area (Å²) in [6.45, 7) is 5.52. The number of ether oxygens (including phenoxy) is 1. The molecule has 0 bridgehead atoms. The Labute approximate surface area is 117 Å². The van der Waals surface area contributed by atoms with Gasteiger partial charge in [0, 0.05) is 17.7 Å². The minimum absolute atomic E-state index is 0.333. The number of rotatable bonds is 1. The molecule has 100 valence electrons. The maximum absolute atomic E-state index is 11.2. The van der Waals surface area contributed by atoms with E-state index in [2.05, 4.69) is 25.1 Å². The lowest BCUT2D eigenvalue weighted by Gasteiger charge is -2.09. The van der Waals surface area contributed by atoms with E-state index in [9.17, 15) is 4.79 Å². The van der Waals surface area contributed by atoms with Crippen molar-refractivity contribution in [1.82, 2.24) is 4.98 Å². The van der Waals surface area contributed by atoms with Crippen LogP contribution in [0, 0.1) is 13.8 Å². The number of esters is 1. The van der Waals surface area contributed by atoms with Gasteiger partial charge < -0.3 is 4.74 Å². The first kappa shape index (κ1) is 12.6. The second-order valence-electron chi connectivity index (χ2n) is 5.06. The number of benzene rings is 2. The molecule has 0 N–H and O–H groups in total. The zero-order chi connectivity index (χ0) is 14.3.